The number of amides is 1. The highest BCUT2D eigenvalue weighted by molar-refractivity contribution is 6.30. The first-order valence-corrected chi connectivity index (χ1v) is 7.39. The quantitative estimate of drug-likeness (QED) is 0.618. The molecule has 0 unspecified atom stereocenters. The molecule has 1 atom stereocenters. The lowest BCUT2D eigenvalue weighted by molar-refractivity contribution is -0.151. The van der Waals surface area contributed by atoms with Crippen LogP contribution in [0.15, 0.2) is 24.3 Å². The van der Waals surface area contributed by atoms with Crippen LogP contribution < -0.4 is 5.32 Å². The zero-order valence-corrected chi connectivity index (χ0v) is 13.4. The minimum atomic E-state index is -0.454. The van der Waals surface area contributed by atoms with Gasteiger partial charge in [0.05, 0.1) is 18.4 Å². The van der Waals surface area contributed by atoms with Crippen molar-refractivity contribution in [1.82, 2.24) is 5.32 Å². The molecule has 118 valence electrons. The Morgan fingerprint density at radius 2 is 1.95 bits per heavy atom. The summed E-state index contributed by atoms with van der Waals surface area (Å²) in [5, 5.41) is 11.5. The third kappa shape index (κ3) is 5.74. The van der Waals surface area contributed by atoms with Crippen LogP contribution in [0, 0.1) is 17.2 Å². The Balaban J connectivity index is 2.61. The van der Waals surface area contributed by atoms with Crippen LogP contribution in [0.1, 0.15) is 31.7 Å². The SMILES string of the molecule is CC(C)[C@H](C(=O)OCC(=O)NCCC#N)c1ccc(Cl)cc1. The molecule has 0 aliphatic rings. The van der Waals surface area contributed by atoms with Crippen LogP contribution in [0.4, 0.5) is 0 Å². The first kappa shape index (κ1) is 18.0. The maximum Gasteiger partial charge on any atom is 0.314 e. The van der Waals surface area contributed by atoms with E-state index in [9.17, 15) is 9.59 Å². The van der Waals surface area contributed by atoms with E-state index in [1.54, 1.807) is 24.3 Å². The number of hydrogen-bond donors (Lipinski definition) is 1. The Labute approximate surface area is 135 Å². The Bertz CT molecular complexity index is 550. The van der Waals surface area contributed by atoms with Gasteiger partial charge in [0.25, 0.3) is 5.91 Å². The largest absolute Gasteiger partial charge is 0.455 e. The van der Waals surface area contributed by atoms with Gasteiger partial charge in [-0.25, -0.2) is 0 Å². The van der Waals surface area contributed by atoms with Crippen LogP contribution in [0.25, 0.3) is 0 Å². The van der Waals surface area contributed by atoms with Gasteiger partial charge in [0.1, 0.15) is 0 Å². The van der Waals surface area contributed by atoms with Crippen LogP contribution in [-0.2, 0) is 14.3 Å². The Hall–Kier alpha value is -2.06. The molecule has 0 radical (unpaired) electrons. The van der Waals surface area contributed by atoms with Crippen LogP contribution >= 0.6 is 11.6 Å². The number of rotatable bonds is 7. The van der Waals surface area contributed by atoms with Crippen molar-refractivity contribution in [3.05, 3.63) is 34.9 Å². The molecule has 5 nitrogen and oxygen atoms in total. The topological polar surface area (TPSA) is 79.2 Å². The van der Waals surface area contributed by atoms with Gasteiger partial charge in [-0.15, -0.1) is 0 Å². The molecular formula is C16H19ClN2O3. The van der Waals surface area contributed by atoms with E-state index >= 15 is 0 Å². The van der Waals surface area contributed by atoms with Crippen molar-refractivity contribution in [2.75, 3.05) is 13.2 Å². The van der Waals surface area contributed by atoms with Crippen molar-refractivity contribution in [3.63, 3.8) is 0 Å². The van der Waals surface area contributed by atoms with Gasteiger partial charge in [-0.2, -0.15) is 5.26 Å². The molecule has 1 aromatic rings. The number of nitrogens with zero attached hydrogens (tertiary/aromatic N) is 1. The predicted molar refractivity (Wildman–Crippen MR) is 83.2 cm³/mol. The second-order valence-corrected chi connectivity index (χ2v) is 5.58. The summed E-state index contributed by atoms with van der Waals surface area (Å²) in [5.41, 5.74) is 0.800. The van der Waals surface area contributed by atoms with Gasteiger partial charge in [-0.3, -0.25) is 9.59 Å². The minimum Gasteiger partial charge on any atom is -0.455 e. The van der Waals surface area contributed by atoms with Crippen molar-refractivity contribution in [1.29, 1.82) is 5.26 Å². The summed E-state index contributed by atoms with van der Waals surface area (Å²) in [7, 11) is 0. The van der Waals surface area contributed by atoms with Crippen LogP contribution in [-0.4, -0.2) is 25.0 Å². The molecule has 1 rings (SSSR count). The number of carbonyl (C=O) groups excluding carboxylic acids is 2. The highest BCUT2D eigenvalue weighted by atomic mass is 35.5. The van der Waals surface area contributed by atoms with Crippen molar-refractivity contribution >= 4 is 23.5 Å². The number of ether oxygens (including phenoxy) is 1. The smallest absolute Gasteiger partial charge is 0.314 e. The van der Waals surface area contributed by atoms with Crippen LogP contribution in [0.2, 0.25) is 5.02 Å². The fourth-order valence-electron chi connectivity index (χ4n) is 2.00. The fraction of sp³-hybridized carbons (Fsp3) is 0.438. The van der Waals surface area contributed by atoms with E-state index in [0.29, 0.717) is 5.02 Å². The molecule has 0 spiro atoms. The Morgan fingerprint density at radius 1 is 1.32 bits per heavy atom. The molecular weight excluding hydrogens is 304 g/mol. The maximum atomic E-state index is 12.2. The van der Waals surface area contributed by atoms with Crippen molar-refractivity contribution < 1.29 is 14.3 Å². The lowest BCUT2D eigenvalue weighted by atomic mass is 9.88. The third-order valence-electron chi connectivity index (χ3n) is 3.05. The number of nitrogens with one attached hydrogen (secondary N) is 1. The third-order valence-corrected chi connectivity index (χ3v) is 3.31. The van der Waals surface area contributed by atoms with Crippen molar-refractivity contribution in [2.24, 2.45) is 5.92 Å². The fourth-order valence-corrected chi connectivity index (χ4v) is 2.12. The number of nitriles is 1. The van der Waals surface area contributed by atoms with E-state index in [0.717, 1.165) is 5.56 Å². The molecule has 1 amide bonds. The summed E-state index contributed by atoms with van der Waals surface area (Å²) in [6, 6.07) is 8.90. The second kappa shape index (κ2) is 9.06. The number of benzene rings is 1. The standard InChI is InChI=1S/C16H19ClN2O3/c1-11(2)15(12-4-6-13(17)7-5-12)16(21)22-10-14(20)19-9-3-8-18/h4-7,11,15H,3,9-10H2,1-2H3,(H,19,20)/t15-/m0/s1. The van der Waals surface area contributed by atoms with E-state index < -0.39 is 17.8 Å². The maximum absolute atomic E-state index is 12.2. The molecule has 0 heterocycles. The first-order chi connectivity index (χ1) is 10.5. The summed E-state index contributed by atoms with van der Waals surface area (Å²) < 4.78 is 5.08. The number of carbonyl (C=O) groups is 2. The first-order valence-electron chi connectivity index (χ1n) is 7.01. The molecule has 0 aliphatic heterocycles. The molecule has 0 fully saturated rings. The van der Waals surface area contributed by atoms with Gasteiger partial charge < -0.3 is 10.1 Å². The summed E-state index contributed by atoms with van der Waals surface area (Å²) in [4.78, 5) is 23.7. The second-order valence-electron chi connectivity index (χ2n) is 5.14. The van der Waals surface area contributed by atoms with E-state index in [1.807, 2.05) is 19.9 Å². The zero-order chi connectivity index (χ0) is 16.5. The molecule has 1 N–H and O–H groups in total. The van der Waals surface area contributed by atoms with Crippen LogP contribution in [0.5, 0.6) is 0 Å². The number of hydrogen-bond acceptors (Lipinski definition) is 4. The lowest BCUT2D eigenvalue weighted by Gasteiger charge is -2.19. The van der Waals surface area contributed by atoms with Crippen LogP contribution in [0.3, 0.4) is 0 Å². The van der Waals surface area contributed by atoms with Gasteiger partial charge in [-0.05, 0) is 23.6 Å². The molecule has 6 heteroatoms. The summed E-state index contributed by atoms with van der Waals surface area (Å²) in [5.74, 6) is -1.30. The molecule has 1 aromatic carbocycles. The van der Waals surface area contributed by atoms with E-state index in [4.69, 9.17) is 21.6 Å². The predicted octanol–water partition coefficient (Wildman–Crippen LogP) is 2.65. The highest BCUT2D eigenvalue weighted by Gasteiger charge is 2.26. The van der Waals surface area contributed by atoms with Gasteiger partial charge in [-0.1, -0.05) is 37.6 Å². The molecule has 0 bridgehead atoms. The summed E-state index contributed by atoms with van der Waals surface area (Å²) in [6.07, 6.45) is 0.221. The average molecular weight is 323 g/mol. The van der Waals surface area contributed by atoms with Gasteiger partial charge in [0, 0.05) is 11.6 Å². The summed E-state index contributed by atoms with van der Waals surface area (Å²) in [6.45, 7) is 3.72. The molecule has 0 aliphatic carbocycles. The van der Waals surface area contributed by atoms with Crippen molar-refractivity contribution in [3.8, 4) is 6.07 Å². The number of halogens is 1. The molecule has 0 aromatic heterocycles. The van der Waals surface area contributed by atoms with Gasteiger partial charge >= 0.3 is 5.97 Å². The zero-order valence-electron chi connectivity index (χ0n) is 12.6. The normalized spacial score (nSPS) is 11.6. The number of esters is 1. The summed E-state index contributed by atoms with van der Waals surface area (Å²) >= 11 is 5.85. The van der Waals surface area contributed by atoms with E-state index in [-0.39, 0.29) is 25.5 Å². The molecule has 0 saturated heterocycles. The minimum absolute atomic E-state index is 0.0234. The average Bonchev–Trinajstić information content (AvgIpc) is 2.47. The van der Waals surface area contributed by atoms with E-state index in [2.05, 4.69) is 5.32 Å². The Morgan fingerprint density at radius 3 is 2.50 bits per heavy atom. The lowest BCUT2D eigenvalue weighted by Crippen LogP contribution is -2.31. The van der Waals surface area contributed by atoms with Crippen molar-refractivity contribution in [2.45, 2.75) is 26.2 Å². The monoisotopic (exact) mass is 322 g/mol. The van der Waals surface area contributed by atoms with Gasteiger partial charge in [0.2, 0.25) is 0 Å². The van der Waals surface area contributed by atoms with Gasteiger partial charge in [0.15, 0.2) is 6.61 Å². The Kier molecular flexibility index (Phi) is 7.41. The highest BCUT2D eigenvalue weighted by Crippen LogP contribution is 2.27. The molecule has 0 saturated carbocycles. The molecule has 22 heavy (non-hydrogen) atoms. The van der Waals surface area contributed by atoms with E-state index in [1.165, 1.54) is 0 Å².